The lowest BCUT2D eigenvalue weighted by Crippen LogP contribution is -2.12. The molecule has 0 spiro atoms. The molecule has 6 heteroatoms. The van der Waals surface area contributed by atoms with Gasteiger partial charge in [0.15, 0.2) is 0 Å². The highest BCUT2D eigenvalue weighted by Gasteiger charge is 2.21. The molecule has 0 bridgehead atoms. The highest BCUT2D eigenvalue weighted by atomic mass is 35.5. The number of benzene rings is 1. The van der Waals surface area contributed by atoms with Gasteiger partial charge in [0.2, 0.25) is 0 Å². The Morgan fingerprint density at radius 1 is 1.38 bits per heavy atom. The van der Waals surface area contributed by atoms with Crippen molar-refractivity contribution in [2.24, 2.45) is 0 Å². The molecule has 0 saturated heterocycles. The summed E-state index contributed by atoms with van der Waals surface area (Å²) in [5.41, 5.74) is 1.53. The number of carboxylic acids is 1. The van der Waals surface area contributed by atoms with Crippen molar-refractivity contribution in [1.29, 1.82) is 0 Å². The second-order valence-corrected chi connectivity index (χ2v) is 7.07. The predicted octanol–water partition coefficient (Wildman–Crippen LogP) is 4.00. The lowest BCUT2D eigenvalue weighted by molar-refractivity contribution is -0.133. The number of halogens is 1. The number of aromatic nitrogens is 2. The van der Waals surface area contributed by atoms with Gasteiger partial charge >= 0.3 is 5.97 Å². The predicted molar refractivity (Wildman–Crippen MR) is 85.6 cm³/mol. The van der Waals surface area contributed by atoms with Crippen LogP contribution in [0.3, 0.4) is 0 Å². The highest BCUT2D eigenvalue weighted by molar-refractivity contribution is 7.99. The molecule has 2 rings (SSSR count). The first-order valence-electron chi connectivity index (χ1n) is 6.49. The zero-order valence-corrected chi connectivity index (χ0v) is 13.7. The first-order valence-corrected chi connectivity index (χ1v) is 7.85. The monoisotopic (exact) mass is 324 g/mol. The van der Waals surface area contributed by atoms with Gasteiger partial charge in [-0.05, 0) is 18.2 Å². The number of aliphatic carboxylic acids is 1. The van der Waals surface area contributed by atoms with E-state index in [1.165, 1.54) is 11.8 Å². The van der Waals surface area contributed by atoms with E-state index in [9.17, 15) is 4.79 Å². The van der Waals surface area contributed by atoms with Crippen LogP contribution >= 0.6 is 23.4 Å². The molecule has 1 aromatic heterocycles. The minimum atomic E-state index is -0.857. The molecular weight excluding hydrogens is 308 g/mol. The molecule has 0 unspecified atom stereocenters. The van der Waals surface area contributed by atoms with Crippen LogP contribution in [-0.4, -0.2) is 26.6 Å². The van der Waals surface area contributed by atoms with Crippen LogP contribution in [-0.2, 0) is 10.2 Å². The number of para-hydroxylation sites is 1. The van der Waals surface area contributed by atoms with E-state index in [-0.39, 0.29) is 11.2 Å². The number of nitrogens with zero attached hydrogens (tertiary/aromatic N) is 2. The van der Waals surface area contributed by atoms with Crippen molar-refractivity contribution in [2.45, 2.75) is 31.2 Å². The van der Waals surface area contributed by atoms with E-state index in [1.807, 2.05) is 24.3 Å². The van der Waals surface area contributed by atoms with E-state index in [2.05, 4.69) is 25.9 Å². The number of carbonyl (C=O) groups is 1. The molecular formula is C15H17ClN2O2S. The number of carboxylic acid groups (broad SMARTS) is 1. The van der Waals surface area contributed by atoms with Gasteiger partial charge in [-0.1, -0.05) is 56.3 Å². The van der Waals surface area contributed by atoms with Crippen molar-refractivity contribution in [3.8, 4) is 5.69 Å². The molecule has 0 amide bonds. The van der Waals surface area contributed by atoms with E-state index in [4.69, 9.17) is 16.7 Å². The molecule has 0 atom stereocenters. The fourth-order valence-corrected chi connectivity index (χ4v) is 2.71. The summed E-state index contributed by atoms with van der Waals surface area (Å²) >= 11 is 7.47. The van der Waals surface area contributed by atoms with E-state index in [0.29, 0.717) is 5.02 Å². The van der Waals surface area contributed by atoms with Crippen molar-refractivity contribution >= 4 is 29.3 Å². The summed E-state index contributed by atoms with van der Waals surface area (Å²) in [6.45, 7) is 6.20. The summed E-state index contributed by atoms with van der Waals surface area (Å²) in [6.07, 6.45) is 0. The second kappa shape index (κ2) is 6.12. The van der Waals surface area contributed by atoms with Crippen LogP contribution in [0, 0.1) is 0 Å². The molecule has 4 nitrogen and oxygen atoms in total. The smallest absolute Gasteiger partial charge is 0.313 e. The minimum absolute atomic E-state index is 0.0142. The summed E-state index contributed by atoms with van der Waals surface area (Å²) in [4.78, 5) is 10.8. The largest absolute Gasteiger partial charge is 0.481 e. The summed E-state index contributed by atoms with van der Waals surface area (Å²) in [7, 11) is 0. The number of rotatable bonds is 4. The molecule has 21 heavy (non-hydrogen) atoms. The van der Waals surface area contributed by atoms with Crippen LogP contribution in [0.4, 0.5) is 0 Å². The van der Waals surface area contributed by atoms with Gasteiger partial charge in [0.25, 0.3) is 0 Å². The summed E-state index contributed by atoms with van der Waals surface area (Å²) < 4.78 is 1.72. The van der Waals surface area contributed by atoms with Crippen molar-refractivity contribution in [3.05, 3.63) is 41.0 Å². The first-order chi connectivity index (χ1) is 9.79. The number of hydrogen-bond donors (Lipinski definition) is 1. The third-order valence-corrected chi connectivity index (χ3v) is 4.17. The van der Waals surface area contributed by atoms with Crippen molar-refractivity contribution in [1.82, 2.24) is 9.78 Å². The average Bonchev–Trinajstić information content (AvgIpc) is 2.80. The van der Waals surface area contributed by atoms with Crippen LogP contribution in [0.2, 0.25) is 5.02 Å². The Morgan fingerprint density at radius 2 is 2.05 bits per heavy atom. The Balaban J connectivity index is 2.49. The first kappa shape index (κ1) is 15.9. The standard InChI is InChI=1S/C15H17ClN2O2S/c1-15(2,3)12-8-13(21-9-14(19)20)18(17-12)11-7-5-4-6-10(11)16/h4-8H,9H2,1-3H3,(H,19,20). The molecule has 0 radical (unpaired) electrons. The van der Waals surface area contributed by atoms with Gasteiger partial charge in [0.05, 0.1) is 22.2 Å². The highest BCUT2D eigenvalue weighted by Crippen LogP contribution is 2.31. The van der Waals surface area contributed by atoms with Crippen molar-refractivity contribution < 1.29 is 9.90 Å². The average molecular weight is 325 g/mol. The Kier molecular flexibility index (Phi) is 4.64. The summed E-state index contributed by atoms with van der Waals surface area (Å²) in [5.74, 6) is -0.871. The summed E-state index contributed by atoms with van der Waals surface area (Å²) in [6, 6.07) is 9.32. The fourth-order valence-electron chi connectivity index (χ4n) is 1.77. The van der Waals surface area contributed by atoms with E-state index in [1.54, 1.807) is 10.7 Å². The van der Waals surface area contributed by atoms with E-state index >= 15 is 0 Å². The van der Waals surface area contributed by atoms with Gasteiger partial charge in [-0.15, -0.1) is 0 Å². The van der Waals surface area contributed by atoms with Crippen molar-refractivity contribution in [3.63, 3.8) is 0 Å². The lowest BCUT2D eigenvalue weighted by atomic mass is 9.93. The molecule has 1 heterocycles. The maximum Gasteiger partial charge on any atom is 0.313 e. The lowest BCUT2D eigenvalue weighted by Gasteiger charge is -2.14. The molecule has 0 saturated carbocycles. The topological polar surface area (TPSA) is 55.1 Å². The zero-order chi connectivity index (χ0) is 15.6. The van der Waals surface area contributed by atoms with Gasteiger partial charge in [0, 0.05) is 5.41 Å². The molecule has 0 fully saturated rings. The fraction of sp³-hybridized carbons (Fsp3) is 0.333. The van der Waals surface area contributed by atoms with E-state index < -0.39 is 5.97 Å². The molecule has 0 aliphatic rings. The molecule has 1 N–H and O–H groups in total. The molecule has 112 valence electrons. The van der Waals surface area contributed by atoms with Gasteiger partial charge in [0.1, 0.15) is 5.03 Å². The molecule has 1 aromatic carbocycles. The Bertz CT molecular complexity index is 662. The Morgan fingerprint density at radius 3 is 2.62 bits per heavy atom. The van der Waals surface area contributed by atoms with E-state index in [0.717, 1.165) is 16.4 Å². The van der Waals surface area contributed by atoms with Gasteiger partial charge in [-0.25, -0.2) is 4.68 Å². The SMILES string of the molecule is CC(C)(C)c1cc(SCC(=O)O)n(-c2ccccc2Cl)n1. The van der Waals surface area contributed by atoms with Crippen LogP contribution in [0.25, 0.3) is 5.69 Å². The molecule has 0 aliphatic carbocycles. The third-order valence-electron chi connectivity index (χ3n) is 2.87. The zero-order valence-electron chi connectivity index (χ0n) is 12.1. The third kappa shape index (κ3) is 3.80. The van der Waals surface area contributed by atoms with Crippen LogP contribution in [0.5, 0.6) is 0 Å². The maximum absolute atomic E-state index is 10.8. The Labute approximate surface area is 133 Å². The van der Waals surface area contributed by atoms with Crippen molar-refractivity contribution in [2.75, 3.05) is 5.75 Å². The van der Waals surface area contributed by atoms with Crippen LogP contribution < -0.4 is 0 Å². The molecule has 0 aliphatic heterocycles. The molecule has 2 aromatic rings. The number of thioether (sulfide) groups is 1. The second-order valence-electron chi connectivity index (χ2n) is 5.66. The maximum atomic E-state index is 10.8. The quantitative estimate of drug-likeness (QED) is 0.864. The normalized spacial score (nSPS) is 11.6. The Hall–Kier alpha value is -1.46. The number of hydrogen-bond acceptors (Lipinski definition) is 3. The van der Waals surface area contributed by atoms with Gasteiger partial charge in [-0.3, -0.25) is 4.79 Å². The van der Waals surface area contributed by atoms with Crippen LogP contribution in [0.1, 0.15) is 26.5 Å². The summed E-state index contributed by atoms with van der Waals surface area (Å²) in [5, 5.41) is 14.8. The minimum Gasteiger partial charge on any atom is -0.481 e. The van der Waals surface area contributed by atoms with Gasteiger partial charge < -0.3 is 5.11 Å². The van der Waals surface area contributed by atoms with Gasteiger partial charge in [-0.2, -0.15) is 5.10 Å². The van der Waals surface area contributed by atoms with Crippen LogP contribution in [0.15, 0.2) is 35.4 Å².